The third-order valence-electron chi connectivity index (χ3n) is 4.89. The summed E-state index contributed by atoms with van der Waals surface area (Å²) in [6.07, 6.45) is 6.23. The molecular formula is C18H23BClNO2. The van der Waals surface area contributed by atoms with Gasteiger partial charge in [-0.15, -0.1) is 0 Å². The Morgan fingerprint density at radius 3 is 2.35 bits per heavy atom. The van der Waals surface area contributed by atoms with Crippen LogP contribution in [-0.2, 0) is 9.31 Å². The highest BCUT2D eigenvalue weighted by Crippen LogP contribution is 2.37. The van der Waals surface area contributed by atoms with Crippen LogP contribution in [0.3, 0.4) is 0 Å². The van der Waals surface area contributed by atoms with Gasteiger partial charge in [0.25, 0.3) is 0 Å². The molecule has 23 heavy (non-hydrogen) atoms. The zero-order valence-electron chi connectivity index (χ0n) is 14.4. The maximum atomic E-state index is 6.53. The van der Waals surface area contributed by atoms with Gasteiger partial charge in [-0.25, -0.2) is 0 Å². The highest BCUT2D eigenvalue weighted by atomic mass is 35.5. The molecule has 0 N–H and O–H groups in total. The van der Waals surface area contributed by atoms with Gasteiger partial charge in [0.15, 0.2) is 0 Å². The molecule has 3 nitrogen and oxygen atoms in total. The van der Waals surface area contributed by atoms with Crippen LogP contribution in [0.1, 0.15) is 34.6 Å². The quantitative estimate of drug-likeness (QED) is 0.767. The van der Waals surface area contributed by atoms with Crippen molar-refractivity contribution >= 4 is 29.9 Å². The molecule has 0 radical (unpaired) electrons. The Labute approximate surface area is 144 Å². The molecule has 1 aromatic rings. The fourth-order valence-electron chi connectivity index (χ4n) is 2.72. The zero-order valence-corrected chi connectivity index (χ0v) is 15.1. The van der Waals surface area contributed by atoms with E-state index in [0.717, 1.165) is 17.7 Å². The molecule has 1 fully saturated rings. The van der Waals surface area contributed by atoms with Crippen LogP contribution in [-0.4, -0.2) is 24.9 Å². The van der Waals surface area contributed by atoms with Crippen molar-refractivity contribution in [3.63, 3.8) is 0 Å². The van der Waals surface area contributed by atoms with E-state index in [4.69, 9.17) is 20.9 Å². The Morgan fingerprint density at radius 1 is 1.13 bits per heavy atom. The summed E-state index contributed by atoms with van der Waals surface area (Å²) in [5, 5.41) is 0.668. The normalized spacial score (nSPS) is 22.4. The smallest absolute Gasteiger partial charge is 0.399 e. The topological polar surface area (TPSA) is 21.7 Å². The number of allylic oxidation sites excluding steroid dienone is 2. The van der Waals surface area contributed by atoms with Crippen LogP contribution in [0.25, 0.3) is 0 Å². The first-order valence-electron chi connectivity index (χ1n) is 7.95. The van der Waals surface area contributed by atoms with Crippen LogP contribution in [0, 0.1) is 0 Å². The number of hydrogen-bond acceptors (Lipinski definition) is 3. The lowest BCUT2D eigenvalue weighted by Crippen LogP contribution is -2.41. The van der Waals surface area contributed by atoms with Gasteiger partial charge in [-0.05, 0) is 52.8 Å². The minimum absolute atomic E-state index is 0.364. The van der Waals surface area contributed by atoms with E-state index in [-0.39, 0.29) is 11.2 Å². The van der Waals surface area contributed by atoms with Crippen LogP contribution < -0.4 is 10.4 Å². The monoisotopic (exact) mass is 331 g/mol. The van der Waals surface area contributed by atoms with Gasteiger partial charge in [0.1, 0.15) is 0 Å². The molecule has 5 heteroatoms. The Hall–Kier alpha value is -1.23. The molecule has 0 bridgehead atoms. The van der Waals surface area contributed by atoms with Crippen LogP contribution in [0.5, 0.6) is 0 Å². The van der Waals surface area contributed by atoms with Crippen molar-refractivity contribution in [2.24, 2.45) is 0 Å². The average Bonchev–Trinajstić information content (AvgIpc) is 2.67. The Balaban J connectivity index is 1.84. The van der Waals surface area contributed by atoms with Gasteiger partial charge in [0, 0.05) is 28.9 Å². The molecule has 122 valence electrons. The van der Waals surface area contributed by atoms with Gasteiger partial charge in [-0.3, -0.25) is 0 Å². The second-order valence-electron chi connectivity index (χ2n) is 7.28. The van der Waals surface area contributed by atoms with E-state index in [2.05, 4.69) is 36.2 Å². The first kappa shape index (κ1) is 16.6. The minimum atomic E-state index is -0.430. The van der Waals surface area contributed by atoms with Crippen molar-refractivity contribution in [3.05, 3.63) is 47.1 Å². The van der Waals surface area contributed by atoms with E-state index < -0.39 is 7.12 Å². The minimum Gasteiger partial charge on any atom is -0.399 e. The highest BCUT2D eigenvalue weighted by molar-refractivity contribution is 6.65. The molecular weight excluding hydrogens is 308 g/mol. The summed E-state index contributed by atoms with van der Waals surface area (Å²) in [7, 11) is -0.430. The SMILES string of the molecule is CC1=CC=CN(c2ccc(B3OC(C)(C)C(C)(C)O3)c(Cl)c2)C1. The second kappa shape index (κ2) is 5.69. The highest BCUT2D eigenvalue weighted by Gasteiger charge is 2.52. The van der Waals surface area contributed by atoms with E-state index >= 15 is 0 Å². The summed E-state index contributed by atoms with van der Waals surface area (Å²) in [5.74, 6) is 0. The van der Waals surface area contributed by atoms with Crippen molar-refractivity contribution in [1.82, 2.24) is 0 Å². The first-order chi connectivity index (χ1) is 10.7. The molecule has 0 atom stereocenters. The fourth-order valence-corrected chi connectivity index (χ4v) is 2.98. The summed E-state index contributed by atoms with van der Waals surface area (Å²) in [4.78, 5) is 2.18. The second-order valence-corrected chi connectivity index (χ2v) is 7.68. The van der Waals surface area contributed by atoms with Gasteiger partial charge < -0.3 is 14.2 Å². The van der Waals surface area contributed by atoms with Crippen molar-refractivity contribution < 1.29 is 9.31 Å². The molecule has 0 aromatic heterocycles. The predicted octanol–water partition coefficient (Wildman–Crippen LogP) is 3.92. The lowest BCUT2D eigenvalue weighted by atomic mass is 9.79. The Morgan fingerprint density at radius 2 is 1.78 bits per heavy atom. The Kier molecular flexibility index (Phi) is 4.12. The fraction of sp³-hybridized carbons (Fsp3) is 0.444. The largest absolute Gasteiger partial charge is 0.496 e. The number of hydrogen-bond donors (Lipinski definition) is 0. The third-order valence-corrected chi connectivity index (χ3v) is 5.22. The third kappa shape index (κ3) is 3.08. The van der Waals surface area contributed by atoms with Gasteiger partial charge >= 0.3 is 7.12 Å². The van der Waals surface area contributed by atoms with Gasteiger partial charge in [0.05, 0.1) is 11.2 Å². The van der Waals surface area contributed by atoms with E-state index in [1.807, 2.05) is 39.8 Å². The van der Waals surface area contributed by atoms with Crippen molar-refractivity contribution in [1.29, 1.82) is 0 Å². The summed E-state index contributed by atoms with van der Waals surface area (Å²) in [6, 6.07) is 6.04. The van der Waals surface area contributed by atoms with Gasteiger partial charge in [-0.2, -0.15) is 0 Å². The molecule has 0 saturated carbocycles. The summed E-state index contributed by atoms with van der Waals surface area (Å²) in [5.41, 5.74) is 2.54. The van der Waals surface area contributed by atoms with E-state index in [1.165, 1.54) is 5.57 Å². The summed E-state index contributed by atoms with van der Waals surface area (Å²) >= 11 is 6.53. The van der Waals surface area contributed by atoms with Gasteiger partial charge in [-0.1, -0.05) is 29.3 Å². The molecule has 0 unspecified atom stereocenters. The maximum Gasteiger partial charge on any atom is 0.496 e. The summed E-state index contributed by atoms with van der Waals surface area (Å²) in [6.45, 7) is 11.2. The molecule has 3 rings (SSSR count). The van der Waals surface area contributed by atoms with E-state index in [1.54, 1.807) is 0 Å². The van der Waals surface area contributed by atoms with Crippen molar-refractivity contribution in [2.75, 3.05) is 11.4 Å². The molecule has 1 aromatic carbocycles. The predicted molar refractivity (Wildman–Crippen MR) is 97.4 cm³/mol. The van der Waals surface area contributed by atoms with E-state index in [9.17, 15) is 0 Å². The zero-order chi connectivity index (χ0) is 16.8. The van der Waals surface area contributed by atoms with Crippen molar-refractivity contribution in [2.45, 2.75) is 45.8 Å². The number of rotatable bonds is 2. The van der Waals surface area contributed by atoms with Crippen LogP contribution in [0.15, 0.2) is 42.1 Å². The number of halogens is 1. The van der Waals surface area contributed by atoms with Crippen molar-refractivity contribution in [3.8, 4) is 0 Å². The first-order valence-corrected chi connectivity index (χ1v) is 8.33. The molecule has 0 amide bonds. The number of anilines is 1. The molecule has 0 aliphatic carbocycles. The molecule has 0 spiro atoms. The van der Waals surface area contributed by atoms with Gasteiger partial charge in [0.2, 0.25) is 0 Å². The molecule has 2 aliphatic heterocycles. The maximum absolute atomic E-state index is 6.53. The van der Waals surface area contributed by atoms with Crippen LogP contribution in [0.4, 0.5) is 5.69 Å². The van der Waals surface area contributed by atoms with Crippen LogP contribution in [0.2, 0.25) is 5.02 Å². The molecule has 1 saturated heterocycles. The van der Waals surface area contributed by atoms with Crippen LogP contribution >= 0.6 is 11.6 Å². The Bertz CT molecular complexity index is 666. The van der Waals surface area contributed by atoms with E-state index in [0.29, 0.717) is 5.02 Å². The lowest BCUT2D eigenvalue weighted by molar-refractivity contribution is 0.00578. The average molecular weight is 332 g/mol. The standard InChI is InChI=1S/C18H23BClNO2/c1-13-7-6-10-21(12-13)14-8-9-15(16(20)11-14)19-22-17(2,3)18(4,5)23-19/h6-11H,12H2,1-5H3. The summed E-state index contributed by atoms with van der Waals surface area (Å²) < 4.78 is 12.2. The molecule has 2 aliphatic rings. The molecule has 2 heterocycles. The number of nitrogens with zero attached hydrogens (tertiary/aromatic N) is 1. The number of benzene rings is 1. The lowest BCUT2D eigenvalue weighted by Gasteiger charge is -2.32.